The molecule has 18 heavy (non-hydrogen) atoms. The van der Waals surface area contributed by atoms with Crippen molar-refractivity contribution < 1.29 is 4.79 Å². The van der Waals surface area contributed by atoms with Crippen LogP contribution in [0.2, 0.25) is 0 Å². The minimum Gasteiger partial charge on any atom is -0.343 e. The molecule has 0 bridgehead atoms. The normalized spacial score (nSPS) is 10.7. The maximum atomic E-state index is 12.1. The molecule has 0 saturated heterocycles. The first-order valence-corrected chi connectivity index (χ1v) is 6.48. The number of hydrogen-bond acceptors (Lipinski definition) is 2. The van der Waals surface area contributed by atoms with Crippen LogP contribution in [0.1, 0.15) is 23.1 Å². The number of rotatable bonds is 3. The summed E-state index contributed by atoms with van der Waals surface area (Å²) in [4.78, 5) is 12.1. The first-order valence-electron chi connectivity index (χ1n) is 5.69. The molecule has 0 atom stereocenters. The monoisotopic (exact) mass is 310 g/mol. The number of nitrogens with zero attached hydrogens (tertiary/aromatic N) is 3. The first-order chi connectivity index (χ1) is 8.51. The van der Waals surface area contributed by atoms with Crippen LogP contribution in [-0.2, 0) is 13.6 Å². The van der Waals surface area contributed by atoms with Gasteiger partial charge >= 0.3 is 0 Å². The van der Waals surface area contributed by atoms with Crippen LogP contribution in [0.5, 0.6) is 0 Å². The van der Waals surface area contributed by atoms with Gasteiger partial charge in [0.2, 0.25) is 0 Å². The van der Waals surface area contributed by atoms with Crippen molar-refractivity contribution in [3.63, 3.8) is 0 Å². The first kappa shape index (κ1) is 12.9. The van der Waals surface area contributed by atoms with E-state index < -0.39 is 0 Å². The van der Waals surface area contributed by atoms with Crippen LogP contribution in [0, 0.1) is 6.92 Å². The van der Waals surface area contributed by atoms with Gasteiger partial charge in [0.15, 0.2) is 5.82 Å². The van der Waals surface area contributed by atoms with Crippen LogP contribution in [0.15, 0.2) is 22.8 Å². The molecule has 1 amide bonds. The van der Waals surface area contributed by atoms with Crippen molar-refractivity contribution in [2.24, 2.45) is 7.05 Å². The molecule has 2 rings (SSSR count). The summed E-state index contributed by atoms with van der Waals surface area (Å²) in [6.07, 6.45) is 1.89. The smallest absolute Gasteiger partial charge is 0.273 e. The molecule has 0 aliphatic rings. The summed E-state index contributed by atoms with van der Waals surface area (Å²) in [6.45, 7) is 4.68. The van der Waals surface area contributed by atoms with Crippen LogP contribution in [0.25, 0.3) is 0 Å². The van der Waals surface area contributed by atoms with E-state index in [2.05, 4.69) is 26.3 Å². The molecule has 1 N–H and O–H groups in total. The minimum atomic E-state index is -0.152. The SMILES string of the molecule is CCn1cc(Br)cc1C(=O)Nc1cc(C)n(C)n1. The highest BCUT2D eigenvalue weighted by molar-refractivity contribution is 9.10. The van der Waals surface area contributed by atoms with Gasteiger partial charge in [-0.3, -0.25) is 9.48 Å². The highest BCUT2D eigenvalue weighted by Gasteiger charge is 2.13. The molecule has 0 radical (unpaired) electrons. The van der Waals surface area contributed by atoms with Crippen molar-refractivity contribution >= 4 is 27.7 Å². The van der Waals surface area contributed by atoms with Crippen molar-refractivity contribution in [3.8, 4) is 0 Å². The van der Waals surface area contributed by atoms with Crippen LogP contribution in [0.3, 0.4) is 0 Å². The molecule has 2 heterocycles. The molecule has 0 spiro atoms. The molecule has 0 aliphatic carbocycles. The van der Waals surface area contributed by atoms with Crippen LogP contribution >= 0.6 is 15.9 Å². The van der Waals surface area contributed by atoms with Gasteiger partial charge in [-0.1, -0.05) is 0 Å². The van der Waals surface area contributed by atoms with E-state index >= 15 is 0 Å². The summed E-state index contributed by atoms with van der Waals surface area (Å²) in [5, 5.41) is 7.00. The van der Waals surface area contributed by atoms with E-state index in [4.69, 9.17) is 0 Å². The third kappa shape index (κ3) is 2.48. The van der Waals surface area contributed by atoms with Gasteiger partial charge < -0.3 is 9.88 Å². The van der Waals surface area contributed by atoms with E-state index in [1.54, 1.807) is 10.7 Å². The number of amides is 1. The van der Waals surface area contributed by atoms with Gasteiger partial charge in [0.05, 0.1) is 0 Å². The lowest BCUT2D eigenvalue weighted by atomic mass is 10.4. The molecule has 0 aliphatic heterocycles. The summed E-state index contributed by atoms with van der Waals surface area (Å²) in [5.74, 6) is 0.417. The fraction of sp³-hybridized carbons (Fsp3) is 0.333. The number of carbonyl (C=O) groups is 1. The standard InChI is InChI=1S/C12H15BrN4O/c1-4-17-7-9(13)6-10(17)12(18)14-11-5-8(2)16(3)15-11/h5-7H,4H2,1-3H3,(H,14,15,18). The number of anilines is 1. The van der Waals surface area contributed by atoms with Gasteiger partial charge in [-0.15, -0.1) is 0 Å². The molecule has 2 aromatic heterocycles. The fourth-order valence-electron chi connectivity index (χ4n) is 1.73. The second-order valence-corrected chi connectivity index (χ2v) is 4.99. The van der Waals surface area contributed by atoms with Crippen molar-refractivity contribution in [1.29, 1.82) is 0 Å². The van der Waals surface area contributed by atoms with E-state index in [9.17, 15) is 4.79 Å². The predicted octanol–water partition coefficient (Wildman–Crippen LogP) is 2.56. The maximum Gasteiger partial charge on any atom is 0.273 e. The second-order valence-electron chi connectivity index (χ2n) is 4.08. The largest absolute Gasteiger partial charge is 0.343 e. The van der Waals surface area contributed by atoms with Crippen molar-refractivity contribution in [3.05, 3.63) is 34.2 Å². The van der Waals surface area contributed by atoms with Gasteiger partial charge in [0.25, 0.3) is 5.91 Å². The number of aryl methyl sites for hydroxylation is 3. The summed E-state index contributed by atoms with van der Waals surface area (Å²) in [5.41, 5.74) is 1.62. The molecule has 0 saturated carbocycles. The molecular weight excluding hydrogens is 296 g/mol. The van der Waals surface area contributed by atoms with Gasteiger partial charge in [0, 0.05) is 36.0 Å². The Morgan fingerprint density at radius 3 is 2.78 bits per heavy atom. The van der Waals surface area contributed by atoms with E-state index in [1.807, 2.05) is 37.7 Å². The lowest BCUT2D eigenvalue weighted by molar-refractivity contribution is 0.101. The van der Waals surface area contributed by atoms with Crippen molar-refractivity contribution in [2.75, 3.05) is 5.32 Å². The zero-order valence-electron chi connectivity index (χ0n) is 10.6. The second kappa shape index (κ2) is 4.97. The van der Waals surface area contributed by atoms with Crippen LogP contribution in [-0.4, -0.2) is 20.3 Å². The Hall–Kier alpha value is -1.56. The molecule has 2 aromatic rings. The predicted molar refractivity (Wildman–Crippen MR) is 73.7 cm³/mol. The van der Waals surface area contributed by atoms with E-state index in [-0.39, 0.29) is 5.91 Å². The highest BCUT2D eigenvalue weighted by Crippen LogP contribution is 2.16. The Morgan fingerprint density at radius 2 is 2.22 bits per heavy atom. The summed E-state index contributed by atoms with van der Waals surface area (Å²) in [6, 6.07) is 3.64. The summed E-state index contributed by atoms with van der Waals surface area (Å²) < 4.78 is 4.51. The number of carbonyl (C=O) groups excluding carboxylic acids is 1. The van der Waals surface area contributed by atoms with Crippen LogP contribution in [0.4, 0.5) is 5.82 Å². The number of aromatic nitrogens is 3. The molecule has 96 valence electrons. The van der Waals surface area contributed by atoms with Crippen LogP contribution < -0.4 is 5.32 Å². The third-order valence-electron chi connectivity index (χ3n) is 2.79. The van der Waals surface area contributed by atoms with E-state index in [0.29, 0.717) is 11.5 Å². The highest BCUT2D eigenvalue weighted by atomic mass is 79.9. The number of hydrogen-bond donors (Lipinski definition) is 1. The Balaban J connectivity index is 2.21. The van der Waals surface area contributed by atoms with Crippen molar-refractivity contribution in [2.45, 2.75) is 20.4 Å². The quantitative estimate of drug-likeness (QED) is 0.947. The Kier molecular flexibility index (Phi) is 3.56. The Morgan fingerprint density at radius 1 is 1.50 bits per heavy atom. The van der Waals surface area contributed by atoms with E-state index in [0.717, 1.165) is 16.7 Å². The average molecular weight is 311 g/mol. The van der Waals surface area contributed by atoms with Crippen molar-refractivity contribution in [1.82, 2.24) is 14.3 Å². The Labute approximate surface area is 114 Å². The minimum absolute atomic E-state index is 0.152. The fourth-order valence-corrected chi connectivity index (χ4v) is 2.19. The molecule has 0 aromatic carbocycles. The molecular formula is C12H15BrN4O. The summed E-state index contributed by atoms with van der Waals surface area (Å²) >= 11 is 3.37. The maximum absolute atomic E-state index is 12.1. The lowest BCUT2D eigenvalue weighted by Crippen LogP contribution is -2.16. The molecule has 5 nitrogen and oxygen atoms in total. The van der Waals surface area contributed by atoms with Gasteiger partial charge in [-0.25, -0.2) is 0 Å². The lowest BCUT2D eigenvalue weighted by Gasteiger charge is -2.05. The zero-order valence-corrected chi connectivity index (χ0v) is 12.2. The topological polar surface area (TPSA) is 51.9 Å². The van der Waals surface area contributed by atoms with E-state index in [1.165, 1.54) is 0 Å². The van der Waals surface area contributed by atoms with Gasteiger partial charge in [-0.2, -0.15) is 5.10 Å². The van der Waals surface area contributed by atoms with Gasteiger partial charge in [0.1, 0.15) is 5.69 Å². The Bertz CT molecular complexity index is 565. The zero-order chi connectivity index (χ0) is 13.3. The van der Waals surface area contributed by atoms with Gasteiger partial charge in [-0.05, 0) is 35.8 Å². The average Bonchev–Trinajstić information content (AvgIpc) is 2.83. The summed E-state index contributed by atoms with van der Waals surface area (Å²) in [7, 11) is 1.84. The number of halogens is 1. The molecule has 0 fully saturated rings. The molecule has 6 heteroatoms. The third-order valence-corrected chi connectivity index (χ3v) is 3.23. The molecule has 0 unspecified atom stereocenters. The number of nitrogens with one attached hydrogen (secondary N) is 1.